The van der Waals surface area contributed by atoms with Crippen LogP contribution in [0.5, 0.6) is 5.88 Å². The van der Waals surface area contributed by atoms with Gasteiger partial charge in [0.15, 0.2) is 0 Å². The van der Waals surface area contributed by atoms with Crippen molar-refractivity contribution in [2.24, 2.45) is 5.92 Å². The molecule has 1 fully saturated rings. The highest BCUT2D eigenvalue weighted by molar-refractivity contribution is 6.04. The van der Waals surface area contributed by atoms with Gasteiger partial charge in [0.2, 0.25) is 5.88 Å². The highest BCUT2D eigenvalue weighted by atomic mass is 16.6. The fourth-order valence-electron chi connectivity index (χ4n) is 5.19. The maximum absolute atomic E-state index is 13.2. The summed E-state index contributed by atoms with van der Waals surface area (Å²) in [5.74, 6) is 0.668. The van der Waals surface area contributed by atoms with Crippen LogP contribution >= 0.6 is 0 Å². The van der Waals surface area contributed by atoms with Crippen LogP contribution in [0.15, 0.2) is 30.6 Å². The predicted octanol–water partition coefficient (Wildman–Crippen LogP) is 6.67. The van der Waals surface area contributed by atoms with E-state index in [-0.39, 0.29) is 24.4 Å². The number of ether oxygens (including phenoxy) is 5. The Bertz CT molecular complexity index is 1660. The third-order valence-electron chi connectivity index (χ3n) is 7.28. The van der Waals surface area contributed by atoms with E-state index in [9.17, 15) is 14.4 Å². The number of anilines is 3. The van der Waals surface area contributed by atoms with Crippen LogP contribution < -0.4 is 20.3 Å². The molecule has 13 heteroatoms. The summed E-state index contributed by atoms with van der Waals surface area (Å²) >= 11 is 0. The highest BCUT2D eigenvalue weighted by Gasteiger charge is 2.32. The zero-order chi connectivity index (χ0) is 33.4. The summed E-state index contributed by atoms with van der Waals surface area (Å²) in [6, 6.07) is 5.36. The number of fused-ring (bicyclic) bond motifs is 2. The molecule has 3 aromatic rings. The Balaban J connectivity index is 1.55. The van der Waals surface area contributed by atoms with E-state index in [4.69, 9.17) is 23.7 Å². The largest absolute Gasteiger partial charge is 0.474 e. The fraction of sp³-hybridized carbons (Fsp3) is 0.485. The number of nitrogens with one attached hydrogen (secondary N) is 2. The van der Waals surface area contributed by atoms with Crippen molar-refractivity contribution in [2.75, 3.05) is 41.9 Å². The van der Waals surface area contributed by atoms with Crippen molar-refractivity contribution in [3.05, 3.63) is 36.2 Å². The van der Waals surface area contributed by atoms with Crippen molar-refractivity contribution < 1.29 is 38.1 Å². The minimum absolute atomic E-state index is 0.0875. The topological polar surface area (TPSA) is 150 Å². The van der Waals surface area contributed by atoms with E-state index in [0.717, 1.165) is 5.56 Å². The number of nitrogens with zero attached hydrogens (tertiary/aromatic N) is 3. The number of rotatable bonds is 4. The molecule has 5 rings (SSSR count). The van der Waals surface area contributed by atoms with Crippen LogP contribution in [0.4, 0.5) is 31.6 Å². The van der Waals surface area contributed by atoms with Crippen molar-refractivity contribution in [1.82, 2.24) is 9.97 Å². The standard InChI is InChI=1S/C33H41N5O8/c1-18-16-42-17-25(18)44-29(39)37-26-13-21-11-20(12-24(23(21)15-34-26)36-30(40)45-32(3,4)5)22-14-35-28-27(19(22)2)38(9-10-43-28)31(41)46-33(6,7)8/h11-15,18,25H,9-10,16-17H2,1-8H3,(H,36,40)(H,34,37,39)/t18-,25+/m1/s1. The van der Waals surface area contributed by atoms with Gasteiger partial charge in [-0.1, -0.05) is 6.92 Å². The molecule has 0 unspecified atom stereocenters. The summed E-state index contributed by atoms with van der Waals surface area (Å²) in [6.45, 7) is 16.0. The molecule has 2 aliphatic heterocycles. The quantitative estimate of drug-likeness (QED) is 0.298. The van der Waals surface area contributed by atoms with Crippen molar-refractivity contribution in [1.29, 1.82) is 0 Å². The Labute approximate surface area is 267 Å². The molecule has 46 heavy (non-hydrogen) atoms. The third-order valence-corrected chi connectivity index (χ3v) is 7.28. The van der Waals surface area contributed by atoms with E-state index in [1.54, 1.807) is 45.3 Å². The Kier molecular flexibility index (Phi) is 8.98. The molecule has 2 aliphatic rings. The van der Waals surface area contributed by atoms with Crippen LogP contribution in [0.2, 0.25) is 0 Å². The molecule has 0 spiro atoms. The molecule has 0 bridgehead atoms. The number of hydrogen-bond donors (Lipinski definition) is 2. The number of amides is 3. The lowest BCUT2D eigenvalue weighted by atomic mass is 9.97. The molecule has 1 aromatic carbocycles. The highest BCUT2D eigenvalue weighted by Crippen LogP contribution is 2.41. The maximum Gasteiger partial charge on any atom is 0.415 e. The van der Waals surface area contributed by atoms with Gasteiger partial charge in [0.25, 0.3) is 0 Å². The van der Waals surface area contributed by atoms with Gasteiger partial charge in [-0.25, -0.2) is 24.4 Å². The molecular formula is C33H41N5O8. The first kappa shape index (κ1) is 32.7. The predicted molar refractivity (Wildman–Crippen MR) is 173 cm³/mol. The number of aromatic nitrogens is 2. The second-order valence-corrected chi connectivity index (χ2v) is 13.5. The van der Waals surface area contributed by atoms with Crippen molar-refractivity contribution in [3.63, 3.8) is 0 Å². The summed E-state index contributed by atoms with van der Waals surface area (Å²) in [5, 5.41) is 6.80. The van der Waals surface area contributed by atoms with Gasteiger partial charge >= 0.3 is 18.3 Å². The first-order chi connectivity index (χ1) is 21.6. The number of carbonyl (C=O) groups is 3. The molecule has 0 aliphatic carbocycles. The Morgan fingerprint density at radius 1 is 0.935 bits per heavy atom. The molecule has 0 radical (unpaired) electrons. The van der Waals surface area contributed by atoms with Crippen molar-refractivity contribution >= 4 is 46.2 Å². The first-order valence-corrected chi connectivity index (χ1v) is 15.2. The van der Waals surface area contributed by atoms with Gasteiger partial charge in [-0.15, -0.1) is 0 Å². The van der Waals surface area contributed by atoms with Crippen LogP contribution in [0.25, 0.3) is 21.9 Å². The number of pyridine rings is 2. The number of benzene rings is 1. The van der Waals surface area contributed by atoms with Crippen LogP contribution in [0.3, 0.4) is 0 Å². The lowest BCUT2D eigenvalue weighted by Crippen LogP contribution is -2.42. The monoisotopic (exact) mass is 635 g/mol. The molecule has 2 atom stereocenters. The molecular weight excluding hydrogens is 594 g/mol. The van der Waals surface area contributed by atoms with Gasteiger partial charge in [0.05, 0.1) is 25.4 Å². The van der Waals surface area contributed by atoms with Gasteiger partial charge in [-0.05, 0) is 83.2 Å². The number of hydrogen-bond acceptors (Lipinski definition) is 10. The van der Waals surface area contributed by atoms with E-state index in [1.807, 2.05) is 40.7 Å². The molecule has 2 aromatic heterocycles. The van der Waals surface area contributed by atoms with Gasteiger partial charge in [0, 0.05) is 29.3 Å². The third kappa shape index (κ3) is 7.58. The minimum Gasteiger partial charge on any atom is -0.474 e. The second kappa shape index (κ2) is 12.6. The maximum atomic E-state index is 13.2. The van der Waals surface area contributed by atoms with Gasteiger partial charge in [-0.2, -0.15) is 0 Å². The first-order valence-electron chi connectivity index (χ1n) is 15.2. The normalized spacial score (nSPS) is 18.0. The molecule has 13 nitrogen and oxygen atoms in total. The molecule has 2 N–H and O–H groups in total. The van der Waals surface area contributed by atoms with E-state index >= 15 is 0 Å². The van der Waals surface area contributed by atoms with Crippen LogP contribution in [0.1, 0.15) is 54.0 Å². The van der Waals surface area contributed by atoms with Crippen molar-refractivity contribution in [3.8, 4) is 17.0 Å². The van der Waals surface area contributed by atoms with Crippen LogP contribution in [-0.2, 0) is 18.9 Å². The van der Waals surface area contributed by atoms with Gasteiger partial charge in [0.1, 0.15) is 35.4 Å². The Morgan fingerprint density at radius 3 is 2.35 bits per heavy atom. The lowest BCUT2D eigenvalue weighted by Gasteiger charge is -2.32. The Morgan fingerprint density at radius 2 is 1.67 bits per heavy atom. The Hall–Kier alpha value is -4.65. The van der Waals surface area contributed by atoms with Gasteiger partial charge in [-0.3, -0.25) is 15.5 Å². The molecule has 0 saturated carbocycles. The van der Waals surface area contributed by atoms with Crippen LogP contribution in [0, 0.1) is 12.8 Å². The summed E-state index contributed by atoms with van der Waals surface area (Å²) in [6.07, 6.45) is 1.08. The molecule has 1 saturated heterocycles. The summed E-state index contributed by atoms with van der Waals surface area (Å²) in [5.41, 5.74) is 1.61. The molecule has 4 heterocycles. The number of carbonyl (C=O) groups excluding carboxylic acids is 3. The lowest BCUT2D eigenvalue weighted by molar-refractivity contribution is 0.0564. The van der Waals surface area contributed by atoms with Crippen molar-refractivity contribution in [2.45, 2.75) is 72.7 Å². The average molecular weight is 636 g/mol. The molecule has 246 valence electrons. The van der Waals surface area contributed by atoms with E-state index in [1.165, 1.54) is 4.90 Å². The zero-order valence-corrected chi connectivity index (χ0v) is 27.5. The second-order valence-electron chi connectivity index (χ2n) is 13.5. The summed E-state index contributed by atoms with van der Waals surface area (Å²) in [7, 11) is 0. The van der Waals surface area contributed by atoms with E-state index in [2.05, 4.69) is 20.6 Å². The smallest absolute Gasteiger partial charge is 0.415 e. The zero-order valence-electron chi connectivity index (χ0n) is 27.5. The van der Waals surface area contributed by atoms with E-state index in [0.29, 0.717) is 58.9 Å². The molecule has 3 amide bonds. The summed E-state index contributed by atoms with van der Waals surface area (Å²) < 4.78 is 27.9. The average Bonchev–Trinajstić information content (AvgIpc) is 3.34. The van der Waals surface area contributed by atoms with Crippen LogP contribution in [-0.4, -0.2) is 71.9 Å². The fourth-order valence-corrected chi connectivity index (χ4v) is 5.19. The summed E-state index contributed by atoms with van der Waals surface area (Å²) in [4.78, 5) is 49.2. The SMILES string of the molecule is Cc1c(-c2cc(NC(=O)OC(C)(C)C)c3cnc(NC(=O)O[C@H]4COC[C@H]4C)cc3c2)cnc2c1N(C(=O)OC(C)(C)C)CCO2. The minimum atomic E-state index is -0.723. The van der Waals surface area contributed by atoms with Gasteiger partial charge < -0.3 is 23.7 Å². The van der Waals surface area contributed by atoms with E-state index < -0.39 is 29.5 Å².